The zero-order valence-corrected chi connectivity index (χ0v) is 12.4. The Kier molecular flexibility index (Phi) is 3.23. The van der Waals surface area contributed by atoms with Gasteiger partial charge in [0.05, 0.1) is 5.69 Å². The molecule has 2 aliphatic rings. The fraction of sp³-hybridized carbons (Fsp3) is 0.588. The zero-order valence-electron chi connectivity index (χ0n) is 12.4. The number of anilines is 1. The summed E-state index contributed by atoms with van der Waals surface area (Å²) >= 11 is 0. The monoisotopic (exact) mass is 273 g/mol. The van der Waals surface area contributed by atoms with E-state index < -0.39 is 0 Å². The molecule has 1 unspecified atom stereocenters. The molecule has 108 valence electrons. The van der Waals surface area contributed by atoms with E-state index in [1.54, 1.807) is 6.07 Å². The molecule has 20 heavy (non-hydrogen) atoms. The Morgan fingerprint density at radius 2 is 2.15 bits per heavy atom. The number of phenolic OH excluding ortho intramolecular Hbond substituents is 1. The topological polar surface area (TPSA) is 40.5 Å². The fourth-order valence-corrected chi connectivity index (χ4v) is 3.82. The standard InChI is InChI=1S/C17H23NO2/c1-17(2)10-4-8-13(17)16(20)18-11-5-7-12-6-3-9-14(19)15(12)18/h3,6,9,13,19H,4-5,7-8,10-11H2,1-2H3. The molecule has 1 saturated carbocycles. The quantitative estimate of drug-likeness (QED) is 0.850. The molecule has 0 saturated heterocycles. The number of rotatable bonds is 1. The maximum absolute atomic E-state index is 12.9. The van der Waals surface area contributed by atoms with Crippen molar-refractivity contribution < 1.29 is 9.90 Å². The van der Waals surface area contributed by atoms with Gasteiger partial charge in [-0.2, -0.15) is 0 Å². The summed E-state index contributed by atoms with van der Waals surface area (Å²) in [5, 5.41) is 10.2. The first-order valence-corrected chi connectivity index (χ1v) is 7.63. The van der Waals surface area contributed by atoms with Crippen molar-refractivity contribution in [3.05, 3.63) is 23.8 Å². The van der Waals surface area contributed by atoms with Gasteiger partial charge >= 0.3 is 0 Å². The summed E-state index contributed by atoms with van der Waals surface area (Å²) in [7, 11) is 0. The number of phenols is 1. The van der Waals surface area contributed by atoms with E-state index in [4.69, 9.17) is 0 Å². The molecule has 1 N–H and O–H groups in total. The molecule has 3 heteroatoms. The molecule has 1 amide bonds. The predicted octanol–water partition coefficient (Wildman–Crippen LogP) is 3.50. The SMILES string of the molecule is CC1(C)CCCC1C(=O)N1CCCc2cccc(O)c21. The highest BCUT2D eigenvalue weighted by Crippen LogP contribution is 2.45. The molecular formula is C17H23NO2. The molecule has 1 atom stereocenters. The molecule has 0 bridgehead atoms. The lowest BCUT2D eigenvalue weighted by molar-refractivity contribution is -0.125. The van der Waals surface area contributed by atoms with E-state index >= 15 is 0 Å². The molecule has 1 aliphatic heterocycles. The molecule has 1 aromatic carbocycles. The predicted molar refractivity (Wildman–Crippen MR) is 79.9 cm³/mol. The van der Waals surface area contributed by atoms with Gasteiger partial charge in [-0.05, 0) is 42.7 Å². The first kappa shape index (κ1) is 13.5. The molecule has 0 spiro atoms. The molecule has 1 aromatic rings. The number of hydrogen-bond acceptors (Lipinski definition) is 2. The Morgan fingerprint density at radius 3 is 2.85 bits per heavy atom. The van der Waals surface area contributed by atoms with Crippen molar-refractivity contribution in [2.24, 2.45) is 11.3 Å². The minimum Gasteiger partial charge on any atom is -0.506 e. The molecule has 0 aromatic heterocycles. The third-order valence-corrected chi connectivity index (χ3v) is 5.02. The van der Waals surface area contributed by atoms with Crippen LogP contribution in [0, 0.1) is 11.3 Å². The van der Waals surface area contributed by atoms with E-state index in [-0.39, 0.29) is 23.0 Å². The number of benzene rings is 1. The van der Waals surface area contributed by atoms with E-state index in [1.807, 2.05) is 17.0 Å². The van der Waals surface area contributed by atoms with Crippen LogP contribution in [0.5, 0.6) is 5.75 Å². The Hall–Kier alpha value is -1.51. The van der Waals surface area contributed by atoms with E-state index in [1.165, 1.54) is 0 Å². The number of para-hydroxylation sites is 1. The van der Waals surface area contributed by atoms with Crippen molar-refractivity contribution in [1.29, 1.82) is 0 Å². The van der Waals surface area contributed by atoms with Crippen LogP contribution in [-0.2, 0) is 11.2 Å². The van der Waals surface area contributed by atoms with Crippen LogP contribution in [0.2, 0.25) is 0 Å². The Labute approximate surface area is 120 Å². The van der Waals surface area contributed by atoms with E-state index in [9.17, 15) is 9.90 Å². The highest BCUT2D eigenvalue weighted by atomic mass is 16.3. The van der Waals surface area contributed by atoms with Crippen molar-refractivity contribution in [2.75, 3.05) is 11.4 Å². The summed E-state index contributed by atoms with van der Waals surface area (Å²) in [6, 6.07) is 5.57. The number of hydrogen-bond donors (Lipinski definition) is 1. The lowest BCUT2D eigenvalue weighted by atomic mass is 9.80. The number of aromatic hydroxyl groups is 1. The van der Waals surface area contributed by atoms with Crippen LogP contribution in [0.1, 0.15) is 45.1 Å². The van der Waals surface area contributed by atoms with Gasteiger partial charge in [0.15, 0.2) is 0 Å². The van der Waals surface area contributed by atoms with Gasteiger partial charge in [-0.15, -0.1) is 0 Å². The van der Waals surface area contributed by atoms with Gasteiger partial charge in [0.2, 0.25) is 5.91 Å². The summed E-state index contributed by atoms with van der Waals surface area (Å²) in [5.41, 5.74) is 1.94. The van der Waals surface area contributed by atoms with Crippen LogP contribution < -0.4 is 4.90 Å². The van der Waals surface area contributed by atoms with Crippen molar-refractivity contribution in [3.63, 3.8) is 0 Å². The number of carbonyl (C=O) groups excluding carboxylic acids is 1. The number of nitrogens with zero attached hydrogens (tertiary/aromatic N) is 1. The summed E-state index contributed by atoms with van der Waals surface area (Å²) in [4.78, 5) is 14.8. The Balaban J connectivity index is 1.95. The van der Waals surface area contributed by atoms with Crippen LogP contribution >= 0.6 is 0 Å². The number of aryl methyl sites for hydroxylation is 1. The van der Waals surface area contributed by atoms with Crippen LogP contribution in [0.3, 0.4) is 0 Å². The van der Waals surface area contributed by atoms with Crippen molar-refractivity contribution in [2.45, 2.75) is 46.0 Å². The zero-order chi connectivity index (χ0) is 14.3. The average molecular weight is 273 g/mol. The van der Waals surface area contributed by atoms with Crippen LogP contribution in [-0.4, -0.2) is 17.6 Å². The molecule has 3 rings (SSSR count). The van der Waals surface area contributed by atoms with E-state index in [2.05, 4.69) is 13.8 Å². The lowest BCUT2D eigenvalue weighted by Gasteiger charge is -2.35. The Bertz CT molecular complexity index is 536. The van der Waals surface area contributed by atoms with Gasteiger partial charge in [-0.3, -0.25) is 4.79 Å². The maximum Gasteiger partial charge on any atom is 0.230 e. The minimum absolute atomic E-state index is 0.0824. The van der Waals surface area contributed by atoms with Gasteiger partial charge in [-0.1, -0.05) is 32.4 Å². The highest BCUT2D eigenvalue weighted by molar-refractivity contribution is 5.98. The first-order valence-electron chi connectivity index (χ1n) is 7.63. The van der Waals surface area contributed by atoms with Gasteiger partial charge < -0.3 is 10.0 Å². The van der Waals surface area contributed by atoms with Crippen molar-refractivity contribution >= 4 is 11.6 Å². The van der Waals surface area contributed by atoms with Crippen molar-refractivity contribution in [3.8, 4) is 5.75 Å². The molecule has 3 nitrogen and oxygen atoms in total. The van der Waals surface area contributed by atoms with Crippen LogP contribution in [0.15, 0.2) is 18.2 Å². The third-order valence-electron chi connectivity index (χ3n) is 5.02. The number of amides is 1. The van der Waals surface area contributed by atoms with Crippen LogP contribution in [0.4, 0.5) is 5.69 Å². The summed E-state index contributed by atoms with van der Waals surface area (Å²) in [6.07, 6.45) is 5.15. The lowest BCUT2D eigenvalue weighted by Crippen LogP contribution is -2.42. The van der Waals surface area contributed by atoms with E-state index in [0.29, 0.717) is 0 Å². The Morgan fingerprint density at radius 1 is 1.35 bits per heavy atom. The molecule has 1 aliphatic carbocycles. The van der Waals surface area contributed by atoms with Gasteiger partial charge in [-0.25, -0.2) is 0 Å². The fourth-order valence-electron chi connectivity index (χ4n) is 3.82. The number of carbonyl (C=O) groups is 1. The summed E-state index contributed by atoms with van der Waals surface area (Å²) in [5.74, 6) is 0.536. The van der Waals surface area contributed by atoms with Gasteiger partial charge in [0.25, 0.3) is 0 Å². The molecule has 0 radical (unpaired) electrons. The normalized spacial score (nSPS) is 24.5. The number of fused-ring (bicyclic) bond motifs is 1. The first-order chi connectivity index (χ1) is 9.50. The smallest absolute Gasteiger partial charge is 0.230 e. The van der Waals surface area contributed by atoms with Crippen molar-refractivity contribution in [1.82, 2.24) is 0 Å². The van der Waals surface area contributed by atoms with Gasteiger partial charge in [0.1, 0.15) is 5.75 Å². The second-order valence-corrected chi connectivity index (χ2v) is 6.81. The van der Waals surface area contributed by atoms with Gasteiger partial charge in [0, 0.05) is 12.5 Å². The summed E-state index contributed by atoms with van der Waals surface area (Å²) in [6.45, 7) is 5.12. The van der Waals surface area contributed by atoms with E-state index in [0.717, 1.165) is 49.9 Å². The highest BCUT2D eigenvalue weighted by Gasteiger charge is 2.42. The third kappa shape index (κ3) is 2.09. The summed E-state index contributed by atoms with van der Waals surface area (Å²) < 4.78 is 0. The molecule has 1 heterocycles. The minimum atomic E-state index is 0.0824. The maximum atomic E-state index is 12.9. The largest absolute Gasteiger partial charge is 0.506 e. The second kappa shape index (κ2) is 4.80. The second-order valence-electron chi connectivity index (χ2n) is 6.81. The average Bonchev–Trinajstić information content (AvgIpc) is 2.77. The molecular weight excluding hydrogens is 250 g/mol. The molecule has 1 fully saturated rings. The van der Waals surface area contributed by atoms with Crippen LogP contribution in [0.25, 0.3) is 0 Å².